The van der Waals surface area contributed by atoms with Crippen molar-refractivity contribution in [2.45, 2.75) is 6.61 Å². The van der Waals surface area contributed by atoms with Crippen molar-refractivity contribution in [3.8, 4) is 5.75 Å². The average molecular weight is 342 g/mol. The Morgan fingerprint density at radius 2 is 2.18 bits per heavy atom. The second-order valence-corrected chi connectivity index (χ2v) is 5.19. The van der Waals surface area contributed by atoms with Gasteiger partial charge in [0.2, 0.25) is 0 Å². The summed E-state index contributed by atoms with van der Waals surface area (Å²) in [5, 5.41) is 3.71. The maximum absolute atomic E-state index is 13.4. The molecule has 0 unspecified atom stereocenters. The fraction of sp³-hybridized carbons (Fsp3) is 0.111. The largest absolute Gasteiger partial charge is 0.483 e. The molecule has 0 saturated carbocycles. The predicted molar refractivity (Wildman–Crippen MR) is 63.3 cm³/mol. The first kappa shape index (κ1) is 12.7. The topological polar surface area (TPSA) is 35.0 Å². The zero-order valence-corrected chi connectivity index (χ0v) is 11.2. The van der Waals surface area contributed by atoms with Crippen LogP contribution in [0.2, 0.25) is 4.34 Å². The van der Waals surface area contributed by atoms with Crippen LogP contribution in [0.5, 0.6) is 5.75 Å². The summed E-state index contributed by atoms with van der Waals surface area (Å²) in [6.07, 6.45) is 0. The molecule has 3 nitrogen and oxygen atoms in total. The van der Waals surface area contributed by atoms with Crippen LogP contribution in [0.15, 0.2) is 16.6 Å². The van der Waals surface area contributed by atoms with Crippen molar-refractivity contribution in [1.82, 2.24) is 9.59 Å². The Kier molecular flexibility index (Phi) is 3.90. The van der Waals surface area contributed by atoms with E-state index in [1.165, 1.54) is 0 Å². The van der Waals surface area contributed by atoms with E-state index >= 15 is 0 Å². The summed E-state index contributed by atoms with van der Waals surface area (Å²) < 4.78 is 35.6. The fourth-order valence-electron chi connectivity index (χ4n) is 1.09. The summed E-state index contributed by atoms with van der Waals surface area (Å²) in [6, 6.07) is 1.85. The van der Waals surface area contributed by atoms with Gasteiger partial charge < -0.3 is 4.74 Å². The van der Waals surface area contributed by atoms with Crippen LogP contribution in [-0.2, 0) is 6.61 Å². The van der Waals surface area contributed by atoms with Gasteiger partial charge in [0.15, 0.2) is 11.6 Å². The molecule has 0 N–H and O–H groups in total. The first-order chi connectivity index (χ1) is 8.08. The zero-order valence-electron chi connectivity index (χ0n) is 8.08. The summed E-state index contributed by atoms with van der Waals surface area (Å²) in [6.45, 7) is -0.0313. The summed E-state index contributed by atoms with van der Waals surface area (Å²) >= 11 is 9.78. The Hall–Kier alpha value is -0.790. The van der Waals surface area contributed by atoms with Gasteiger partial charge in [-0.1, -0.05) is 16.1 Å². The number of benzene rings is 1. The van der Waals surface area contributed by atoms with Gasteiger partial charge in [-0.3, -0.25) is 0 Å². The highest BCUT2D eigenvalue weighted by molar-refractivity contribution is 9.10. The highest BCUT2D eigenvalue weighted by atomic mass is 79.9. The molecule has 1 heterocycles. The molecule has 0 aliphatic carbocycles. The third kappa shape index (κ3) is 2.91. The quantitative estimate of drug-likeness (QED) is 0.851. The molecule has 0 aliphatic heterocycles. The second-order valence-electron chi connectivity index (χ2n) is 2.98. The monoisotopic (exact) mass is 340 g/mol. The van der Waals surface area contributed by atoms with E-state index in [9.17, 15) is 8.78 Å². The van der Waals surface area contributed by atoms with Crippen LogP contribution < -0.4 is 4.74 Å². The molecule has 0 spiro atoms. The van der Waals surface area contributed by atoms with E-state index in [0.29, 0.717) is 10.0 Å². The number of halogens is 4. The lowest BCUT2D eigenvalue weighted by Crippen LogP contribution is -2.00. The van der Waals surface area contributed by atoms with Crippen molar-refractivity contribution in [1.29, 1.82) is 0 Å². The standard InChI is InChI=1S/C9H4BrClF2N2OS/c10-5-1-4(12)2-6(13)8(5)16-3-7-9(11)17-15-14-7/h1-2H,3H2. The molecular weight excluding hydrogens is 338 g/mol. The van der Waals surface area contributed by atoms with Gasteiger partial charge in [-0.15, -0.1) is 5.10 Å². The number of hydrogen-bond donors (Lipinski definition) is 0. The SMILES string of the molecule is Fc1cc(F)c(OCc2nnsc2Cl)c(Br)c1. The minimum absolute atomic E-state index is 0.0313. The minimum atomic E-state index is -0.795. The number of ether oxygens (including phenoxy) is 1. The molecule has 17 heavy (non-hydrogen) atoms. The molecule has 2 rings (SSSR count). The van der Waals surface area contributed by atoms with Gasteiger partial charge in [0.05, 0.1) is 4.47 Å². The molecule has 0 aliphatic rings. The maximum Gasteiger partial charge on any atom is 0.169 e. The Morgan fingerprint density at radius 1 is 1.41 bits per heavy atom. The van der Waals surface area contributed by atoms with Crippen molar-refractivity contribution in [2.24, 2.45) is 0 Å². The minimum Gasteiger partial charge on any atom is -0.483 e. The molecule has 0 fully saturated rings. The van der Waals surface area contributed by atoms with Gasteiger partial charge in [-0.25, -0.2) is 8.78 Å². The summed E-state index contributed by atoms with van der Waals surface area (Å²) in [7, 11) is 0. The van der Waals surface area contributed by atoms with Crippen LogP contribution >= 0.6 is 39.1 Å². The molecule has 1 aromatic heterocycles. The molecule has 1 aromatic carbocycles. The summed E-state index contributed by atoms with van der Waals surface area (Å²) in [5.41, 5.74) is 0.410. The van der Waals surface area contributed by atoms with E-state index in [2.05, 4.69) is 25.5 Å². The third-order valence-electron chi connectivity index (χ3n) is 1.83. The summed E-state index contributed by atoms with van der Waals surface area (Å²) in [4.78, 5) is 0. The van der Waals surface area contributed by atoms with Crippen molar-refractivity contribution >= 4 is 39.1 Å². The molecule has 90 valence electrons. The highest BCUT2D eigenvalue weighted by Gasteiger charge is 2.13. The van der Waals surface area contributed by atoms with Gasteiger partial charge in [0, 0.05) is 17.6 Å². The van der Waals surface area contributed by atoms with E-state index in [1.54, 1.807) is 0 Å². The van der Waals surface area contributed by atoms with E-state index in [1.807, 2.05) is 0 Å². The van der Waals surface area contributed by atoms with Crippen LogP contribution in [-0.4, -0.2) is 9.59 Å². The smallest absolute Gasteiger partial charge is 0.169 e. The number of rotatable bonds is 3. The van der Waals surface area contributed by atoms with Crippen molar-refractivity contribution in [3.05, 3.63) is 38.3 Å². The Bertz CT molecular complexity index is 529. The van der Waals surface area contributed by atoms with Crippen molar-refractivity contribution < 1.29 is 13.5 Å². The van der Waals surface area contributed by atoms with Gasteiger partial charge in [0.25, 0.3) is 0 Å². The Balaban J connectivity index is 2.17. The van der Waals surface area contributed by atoms with Crippen LogP contribution in [0.4, 0.5) is 8.78 Å². The number of hydrogen-bond acceptors (Lipinski definition) is 4. The first-order valence-corrected chi connectivity index (χ1v) is 6.26. The normalized spacial score (nSPS) is 10.6. The number of nitrogens with zero attached hydrogens (tertiary/aromatic N) is 2. The molecular formula is C9H4BrClF2N2OS. The van der Waals surface area contributed by atoms with Gasteiger partial charge in [0.1, 0.15) is 22.5 Å². The van der Waals surface area contributed by atoms with E-state index in [4.69, 9.17) is 16.3 Å². The molecule has 8 heteroatoms. The third-order valence-corrected chi connectivity index (χ3v) is 3.40. The molecule has 0 saturated heterocycles. The molecule has 0 radical (unpaired) electrons. The Morgan fingerprint density at radius 3 is 2.76 bits per heavy atom. The van der Waals surface area contributed by atoms with Gasteiger partial charge >= 0.3 is 0 Å². The summed E-state index contributed by atoms with van der Waals surface area (Å²) in [5.74, 6) is -1.57. The van der Waals surface area contributed by atoms with Gasteiger partial charge in [-0.05, 0) is 22.0 Å². The highest BCUT2D eigenvalue weighted by Crippen LogP contribution is 2.30. The van der Waals surface area contributed by atoms with E-state index < -0.39 is 11.6 Å². The van der Waals surface area contributed by atoms with E-state index in [0.717, 1.165) is 23.7 Å². The van der Waals surface area contributed by atoms with Gasteiger partial charge in [-0.2, -0.15) is 0 Å². The van der Waals surface area contributed by atoms with Crippen LogP contribution in [0.1, 0.15) is 5.69 Å². The van der Waals surface area contributed by atoms with Crippen LogP contribution in [0.25, 0.3) is 0 Å². The molecule has 0 amide bonds. The van der Waals surface area contributed by atoms with E-state index in [-0.39, 0.29) is 16.8 Å². The predicted octanol–water partition coefficient (Wildman–Crippen LogP) is 3.81. The van der Waals surface area contributed by atoms with Crippen molar-refractivity contribution in [2.75, 3.05) is 0 Å². The van der Waals surface area contributed by atoms with Crippen LogP contribution in [0, 0.1) is 11.6 Å². The van der Waals surface area contributed by atoms with Crippen molar-refractivity contribution in [3.63, 3.8) is 0 Å². The number of aromatic nitrogens is 2. The lowest BCUT2D eigenvalue weighted by Gasteiger charge is -2.07. The van der Waals surface area contributed by atoms with Crippen LogP contribution in [0.3, 0.4) is 0 Å². The first-order valence-electron chi connectivity index (χ1n) is 4.32. The zero-order chi connectivity index (χ0) is 12.4. The lowest BCUT2D eigenvalue weighted by atomic mass is 10.3. The molecule has 0 bridgehead atoms. The fourth-order valence-corrected chi connectivity index (χ4v) is 2.21. The maximum atomic E-state index is 13.4. The average Bonchev–Trinajstić information content (AvgIpc) is 2.62. The molecule has 0 atom stereocenters. The lowest BCUT2D eigenvalue weighted by molar-refractivity contribution is 0.283. The molecule has 2 aromatic rings. The Labute approximate surface area is 113 Å². The second kappa shape index (κ2) is 5.24.